The summed E-state index contributed by atoms with van der Waals surface area (Å²) < 4.78 is 3.60. The van der Waals surface area contributed by atoms with E-state index in [-0.39, 0.29) is 0 Å². The zero-order valence-corrected chi connectivity index (χ0v) is 10.4. The Bertz CT molecular complexity index is 330. The number of benzene rings is 1. The molecule has 0 aliphatic carbocycles. The maximum atomic E-state index is 5.51. The average Bonchev–Trinajstić information content (AvgIpc) is 2.17. The van der Waals surface area contributed by atoms with E-state index in [1.807, 2.05) is 24.3 Å². The molecule has 2 nitrogen and oxygen atoms in total. The quantitative estimate of drug-likeness (QED) is 0.605. The summed E-state index contributed by atoms with van der Waals surface area (Å²) in [4.78, 5) is 4.01. The summed E-state index contributed by atoms with van der Waals surface area (Å²) >= 11 is 16.5. The average molecular weight is 267 g/mol. The first kappa shape index (κ1) is 12.6. The molecule has 0 radical (unpaired) electrons. The van der Waals surface area contributed by atoms with Gasteiger partial charge in [0.15, 0.2) is 0 Å². The van der Waals surface area contributed by atoms with E-state index in [0.29, 0.717) is 6.54 Å². The van der Waals surface area contributed by atoms with Crippen LogP contribution < -0.4 is 4.74 Å². The molecule has 82 valence electrons. The summed E-state index contributed by atoms with van der Waals surface area (Å²) in [6, 6.07) is 7.55. The Hall–Kier alpha value is -0.440. The van der Waals surface area contributed by atoms with E-state index in [1.165, 1.54) is 6.21 Å². The van der Waals surface area contributed by atoms with Gasteiger partial charge in [-0.05, 0) is 17.7 Å². The lowest BCUT2D eigenvalue weighted by atomic mass is 10.2. The lowest BCUT2D eigenvalue weighted by Gasteiger charge is -2.03. The molecule has 0 bridgehead atoms. The van der Waals surface area contributed by atoms with Crippen LogP contribution in [-0.4, -0.2) is 17.1 Å². The number of rotatable bonds is 3. The second-order valence-electron chi connectivity index (χ2n) is 2.86. The molecular weight excluding hydrogens is 256 g/mol. The molecule has 0 heterocycles. The molecule has 0 fully saturated rings. The highest BCUT2D eigenvalue weighted by molar-refractivity contribution is 6.74. The Morgan fingerprint density at radius 1 is 1.27 bits per heavy atom. The van der Waals surface area contributed by atoms with Crippen LogP contribution in [0.3, 0.4) is 0 Å². The number of hydrogen-bond acceptors (Lipinski definition) is 2. The number of halogens is 3. The zero-order valence-electron chi connectivity index (χ0n) is 8.08. The number of hydrogen-bond donors (Lipinski definition) is 0. The predicted molar refractivity (Wildman–Crippen MR) is 65.5 cm³/mol. The Morgan fingerprint density at radius 2 is 1.87 bits per heavy atom. The van der Waals surface area contributed by atoms with Gasteiger partial charge >= 0.3 is 0 Å². The van der Waals surface area contributed by atoms with Crippen LogP contribution in [0.15, 0.2) is 29.3 Å². The summed E-state index contributed by atoms with van der Waals surface area (Å²) in [6.45, 7) is 0.484. The standard InChI is InChI=1S/C10H10Cl3NO/c1-15-9-4-2-8(3-5-9)6-14-7-10(11,12)13/h2-5,7H,6H2,1H3. The van der Waals surface area contributed by atoms with Crippen LogP contribution >= 0.6 is 34.8 Å². The first-order valence-electron chi connectivity index (χ1n) is 4.22. The Labute approximate surface area is 104 Å². The number of ether oxygens (including phenoxy) is 1. The molecule has 0 aliphatic heterocycles. The summed E-state index contributed by atoms with van der Waals surface area (Å²) in [6.07, 6.45) is 1.29. The molecular formula is C10H10Cl3NO. The third-order valence-electron chi connectivity index (χ3n) is 1.67. The van der Waals surface area contributed by atoms with Crippen molar-refractivity contribution in [3.8, 4) is 5.75 Å². The number of aliphatic imine (C=N–C) groups is 1. The smallest absolute Gasteiger partial charge is 0.225 e. The van der Waals surface area contributed by atoms with Gasteiger partial charge in [-0.15, -0.1) is 0 Å². The summed E-state index contributed by atoms with van der Waals surface area (Å²) in [5.41, 5.74) is 1.03. The van der Waals surface area contributed by atoms with Crippen LogP contribution in [0.1, 0.15) is 5.56 Å². The SMILES string of the molecule is COc1ccc(CN=CC(Cl)(Cl)Cl)cc1. The van der Waals surface area contributed by atoms with Gasteiger partial charge in [0, 0.05) is 0 Å². The van der Waals surface area contributed by atoms with Crippen molar-refractivity contribution in [2.45, 2.75) is 10.3 Å². The second kappa shape index (κ2) is 5.59. The molecule has 1 aromatic carbocycles. The Balaban J connectivity index is 2.55. The van der Waals surface area contributed by atoms with Crippen molar-refractivity contribution in [1.29, 1.82) is 0 Å². The maximum absolute atomic E-state index is 5.51. The zero-order chi connectivity index (χ0) is 11.3. The van der Waals surface area contributed by atoms with Gasteiger partial charge < -0.3 is 4.74 Å². The van der Waals surface area contributed by atoms with E-state index >= 15 is 0 Å². The third kappa shape index (κ3) is 5.26. The van der Waals surface area contributed by atoms with Crippen molar-refractivity contribution < 1.29 is 4.74 Å². The van der Waals surface area contributed by atoms with Crippen LogP contribution in [0.2, 0.25) is 0 Å². The Morgan fingerprint density at radius 3 is 2.33 bits per heavy atom. The summed E-state index contributed by atoms with van der Waals surface area (Å²) in [7, 11) is 1.62. The van der Waals surface area contributed by atoms with Crippen LogP contribution in [0.4, 0.5) is 0 Å². The highest BCUT2D eigenvalue weighted by Crippen LogP contribution is 2.23. The number of nitrogens with zero attached hydrogens (tertiary/aromatic N) is 1. The number of methoxy groups -OCH3 is 1. The topological polar surface area (TPSA) is 21.6 Å². The molecule has 0 N–H and O–H groups in total. The van der Waals surface area contributed by atoms with E-state index in [4.69, 9.17) is 39.5 Å². The molecule has 0 saturated heterocycles. The fraction of sp³-hybridized carbons (Fsp3) is 0.300. The van der Waals surface area contributed by atoms with Gasteiger partial charge in [0.2, 0.25) is 3.79 Å². The van der Waals surface area contributed by atoms with Gasteiger partial charge in [-0.2, -0.15) is 0 Å². The fourth-order valence-corrected chi connectivity index (χ4v) is 1.19. The lowest BCUT2D eigenvalue weighted by Crippen LogP contribution is -2.03. The van der Waals surface area contributed by atoms with E-state index in [9.17, 15) is 0 Å². The first-order chi connectivity index (χ1) is 7.01. The molecule has 0 unspecified atom stereocenters. The molecule has 0 amide bonds. The monoisotopic (exact) mass is 265 g/mol. The van der Waals surface area contributed by atoms with Gasteiger partial charge in [-0.25, -0.2) is 0 Å². The van der Waals surface area contributed by atoms with E-state index in [1.54, 1.807) is 7.11 Å². The van der Waals surface area contributed by atoms with Crippen molar-refractivity contribution >= 4 is 41.0 Å². The molecule has 0 saturated carbocycles. The Kier molecular flexibility index (Phi) is 4.71. The van der Waals surface area contributed by atoms with Crippen molar-refractivity contribution in [3.63, 3.8) is 0 Å². The van der Waals surface area contributed by atoms with Crippen LogP contribution in [-0.2, 0) is 6.54 Å². The van der Waals surface area contributed by atoms with E-state index in [2.05, 4.69) is 4.99 Å². The molecule has 1 aromatic rings. The molecule has 15 heavy (non-hydrogen) atoms. The van der Waals surface area contributed by atoms with Crippen LogP contribution in [0, 0.1) is 0 Å². The molecule has 5 heteroatoms. The minimum atomic E-state index is -1.42. The van der Waals surface area contributed by atoms with Gasteiger partial charge in [-0.1, -0.05) is 46.9 Å². The molecule has 0 aromatic heterocycles. The molecule has 0 aliphatic rings. The van der Waals surface area contributed by atoms with E-state index in [0.717, 1.165) is 11.3 Å². The van der Waals surface area contributed by atoms with Gasteiger partial charge in [0.05, 0.1) is 19.9 Å². The highest BCUT2D eigenvalue weighted by Gasteiger charge is 2.14. The maximum Gasteiger partial charge on any atom is 0.225 e. The first-order valence-corrected chi connectivity index (χ1v) is 5.35. The predicted octanol–water partition coefficient (Wildman–Crippen LogP) is 3.64. The van der Waals surface area contributed by atoms with E-state index < -0.39 is 3.79 Å². The van der Waals surface area contributed by atoms with Gasteiger partial charge in [-0.3, -0.25) is 4.99 Å². The third-order valence-corrected chi connectivity index (χ3v) is 1.96. The van der Waals surface area contributed by atoms with Gasteiger partial charge in [0.25, 0.3) is 0 Å². The molecule has 0 spiro atoms. The largest absolute Gasteiger partial charge is 0.497 e. The summed E-state index contributed by atoms with van der Waals surface area (Å²) in [5, 5.41) is 0. The minimum absolute atomic E-state index is 0.484. The number of alkyl halides is 3. The second-order valence-corrected chi connectivity index (χ2v) is 5.23. The fourth-order valence-electron chi connectivity index (χ4n) is 0.986. The minimum Gasteiger partial charge on any atom is -0.497 e. The van der Waals surface area contributed by atoms with Crippen molar-refractivity contribution in [3.05, 3.63) is 29.8 Å². The normalized spacial score (nSPS) is 12.0. The molecule has 1 rings (SSSR count). The highest BCUT2D eigenvalue weighted by atomic mass is 35.6. The van der Waals surface area contributed by atoms with Gasteiger partial charge in [0.1, 0.15) is 5.75 Å². The molecule has 0 atom stereocenters. The van der Waals surface area contributed by atoms with Crippen molar-refractivity contribution in [2.24, 2.45) is 4.99 Å². The summed E-state index contributed by atoms with van der Waals surface area (Å²) in [5.74, 6) is 0.809. The van der Waals surface area contributed by atoms with Crippen molar-refractivity contribution in [1.82, 2.24) is 0 Å². The van der Waals surface area contributed by atoms with Crippen LogP contribution in [0.25, 0.3) is 0 Å². The van der Waals surface area contributed by atoms with Crippen molar-refractivity contribution in [2.75, 3.05) is 7.11 Å². The lowest BCUT2D eigenvalue weighted by molar-refractivity contribution is 0.414. The van der Waals surface area contributed by atoms with Crippen LogP contribution in [0.5, 0.6) is 5.75 Å².